The summed E-state index contributed by atoms with van der Waals surface area (Å²) in [5.74, 6) is -0.141. The van der Waals surface area contributed by atoms with Gasteiger partial charge in [0.05, 0.1) is 12.1 Å². The van der Waals surface area contributed by atoms with Gasteiger partial charge in [-0.25, -0.2) is 0 Å². The molecule has 2 heterocycles. The van der Waals surface area contributed by atoms with Crippen LogP contribution in [0.15, 0.2) is 53.5 Å². The molecule has 3 aromatic rings. The molecule has 0 saturated heterocycles. The molecule has 0 atom stereocenters. The molecular formula is C22H21N3O2. The first-order valence-corrected chi connectivity index (χ1v) is 8.75. The summed E-state index contributed by atoms with van der Waals surface area (Å²) in [5, 5.41) is 9.16. The van der Waals surface area contributed by atoms with E-state index in [1.54, 1.807) is 6.92 Å². The van der Waals surface area contributed by atoms with Crippen LogP contribution < -0.4 is 5.56 Å². The standard InChI is InChI=1S/C22H21N3O2/c1-15-9-22(27)24(13-19(15)11-23)14-21(26)20-10-16(2)25(17(20)3)12-18-7-5-4-6-8-18/h4-10,13H,12,14H2,1-3H3. The second kappa shape index (κ2) is 7.46. The van der Waals surface area contributed by atoms with E-state index in [2.05, 4.69) is 22.8 Å². The summed E-state index contributed by atoms with van der Waals surface area (Å²) in [7, 11) is 0. The van der Waals surface area contributed by atoms with Crippen molar-refractivity contribution in [3.63, 3.8) is 0 Å². The van der Waals surface area contributed by atoms with E-state index in [-0.39, 0.29) is 17.9 Å². The van der Waals surface area contributed by atoms with E-state index in [0.717, 1.165) is 17.0 Å². The molecule has 0 fully saturated rings. The van der Waals surface area contributed by atoms with Crippen LogP contribution in [0.2, 0.25) is 0 Å². The SMILES string of the molecule is Cc1cc(=O)n(CC(=O)c2cc(C)n(Cc3ccccc3)c2C)cc1C#N. The van der Waals surface area contributed by atoms with E-state index >= 15 is 0 Å². The number of nitrogens with zero attached hydrogens (tertiary/aromatic N) is 3. The maximum absolute atomic E-state index is 12.8. The number of hydrogen-bond acceptors (Lipinski definition) is 3. The molecule has 0 radical (unpaired) electrons. The number of aromatic nitrogens is 2. The summed E-state index contributed by atoms with van der Waals surface area (Å²) in [6.45, 7) is 6.21. The van der Waals surface area contributed by atoms with Gasteiger partial charge in [-0.15, -0.1) is 0 Å². The summed E-state index contributed by atoms with van der Waals surface area (Å²) in [6.07, 6.45) is 1.46. The van der Waals surface area contributed by atoms with E-state index < -0.39 is 0 Å². The summed E-state index contributed by atoms with van der Waals surface area (Å²) >= 11 is 0. The molecule has 0 aliphatic rings. The van der Waals surface area contributed by atoms with Crippen LogP contribution in [-0.4, -0.2) is 14.9 Å². The number of ketones is 1. The van der Waals surface area contributed by atoms with Crippen molar-refractivity contribution in [2.24, 2.45) is 0 Å². The average molecular weight is 359 g/mol. The van der Waals surface area contributed by atoms with E-state index in [0.29, 0.717) is 23.2 Å². The number of pyridine rings is 1. The first-order valence-electron chi connectivity index (χ1n) is 8.75. The van der Waals surface area contributed by atoms with Gasteiger partial charge >= 0.3 is 0 Å². The lowest BCUT2D eigenvalue weighted by Crippen LogP contribution is -2.24. The average Bonchev–Trinajstić information content (AvgIpc) is 2.93. The Kier molecular flexibility index (Phi) is 5.09. The van der Waals surface area contributed by atoms with Crippen LogP contribution in [0.4, 0.5) is 0 Å². The van der Waals surface area contributed by atoms with Crippen LogP contribution in [-0.2, 0) is 13.1 Å². The molecule has 1 aromatic carbocycles. The molecule has 3 rings (SSSR count). The maximum Gasteiger partial charge on any atom is 0.251 e. The summed E-state index contributed by atoms with van der Waals surface area (Å²) in [5.41, 5.74) is 4.37. The fourth-order valence-corrected chi connectivity index (χ4v) is 3.24. The Morgan fingerprint density at radius 1 is 1.11 bits per heavy atom. The summed E-state index contributed by atoms with van der Waals surface area (Å²) < 4.78 is 3.40. The number of benzene rings is 1. The lowest BCUT2D eigenvalue weighted by atomic mass is 10.1. The van der Waals surface area contributed by atoms with Crippen LogP contribution >= 0.6 is 0 Å². The number of aryl methyl sites for hydroxylation is 2. The van der Waals surface area contributed by atoms with Gasteiger partial charge in [0.15, 0.2) is 5.78 Å². The summed E-state index contributed by atoms with van der Waals surface area (Å²) in [4.78, 5) is 25.0. The molecule has 0 amide bonds. The van der Waals surface area contributed by atoms with Crippen molar-refractivity contribution in [1.29, 1.82) is 5.26 Å². The van der Waals surface area contributed by atoms with Crippen LogP contribution in [0, 0.1) is 32.1 Å². The van der Waals surface area contributed by atoms with Crippen molar-refractivity contribution in [2.45, 2.75) is 33.9 Å². The highest BCUT2D eigenvalue weighted by Crippen LogP contribution is 2.18. The molecule has 0 aliphatic heterocycles. The quantitative estimate of drug-likeness (QED) is 0.656. The van der Waals surface area contributed by atoms with Crippen molar-refractivity contribution >= 4 is 5.78 Å². The number of carbonyl (C=O) groups is 1. The molecule has 5 heteroatoms. The molecule has 0 unspecified atom stereocenters. The topological polar surface area (TPSA) is 67.8 Å². The normalized spacial score (nSPS) is 10.6. The predicted octanol–water partition coefficient (Wildman–Crippen LogP) is 3.38. The van der Waals surface area contributed by atoms with Gasteiger partial charge in [-0.2, -0.15) is 5.26 Å². The second-order valence-corrected chi connectivity index (χ2v) is 6.73. The summed E-state index contributed by atoms with van der Waals surface area (Å²) in [6, 6.07) is 15.4. The highest BCUT2D eigenvalue weighted by atomic mass is 16.1. The third-order valence-corrected chi connectivity index (χ3v) is 4.82. The van der Waals surface area contributed by atoms with Gasteiger partial charge in [0.25, 0.3) is 5.56 Å². The predicted molar refractivity (Wildman–Crippen MR) is 104 cm³/mol. The highest BCUT2D eigenvalue weighted by molar-refractivity contribution is 5.97. The lowest BCUT2D eigenvalue weighted by Gasteiger charge is -2.10. The number of carbonyl (C=O) groups excluding carboxylic acids is 1. The maximum atomic E-state index is 12.8. The van der Waals surface area contributed by atoms with Crippen LogP contribution in [0.3, 0.4) is 0 Å². The van der Waals surface area contributed by atoms with Crippen LogP contribution in [0.1, 0.15) is 38.4 Å². The van der Waals surface area contributed by atoms with E-state index in [4.69, 9.17) is 5.26 Å². The number of hydrogen-bond donors (Lipinski definition) is 0. The monoisotopic (exact) mass is 359 g/mol. The Bertz CT molecular complexity index is 1100. The van der Waals surface area contributed by atoms with Crippen molar-refractivity contribution in [3.8, 4) is 6.07 Å². The van der Waals surface area contributed by atoms with Crippen molar-refractivity contribution in [3.05, 3.63) is 92.7 Å². The molecule has 0 N–H and O–H groups in total. The van der Waals surface area contributed by atoms with Gasteiger partial charge in [-0.1, -0.05) is 30.3 Å². The zero-order valence-electron chi connectivity index (χ0n) is 15.7. The Morgan fingerprint density at radius 3 is 2.48 bits per heavy atom. The molecule has 0 bridgehead atoms. The lowest BCUT2D eigenvalue weighted by molar-refractivity contribution is 0.0970. The van der Waals surface area contributed by atoms with E-state index in [9.17, 15) is 9.59 Å². The minimum absolute atomic E-state index is 0.0799. The first kappa shape index (κ1) is 18.4. The van der Waals surface area contributed by atoms with Gasteiger partial charge in [0.2, 0.25) is 0 Å². The fraction of sp³-hybridized carbons (Fsp3) is 0.227. The zero-order chi connectivity index (χ0) is 19.6. The zero-order valence-corrected chi connectivity index (χ0v) is 15.7. The Morgan fingerprint density at radius 2 is 1.81 bits per heavy atom. The van der Waals surface area contributed by atoms with Gasteiger partial charge in [0, 0.05) is 35.8 Å². The van der Waals surface area contributed by atoms with Crippen molar-refractivity contribution in [2.75, 3.05) is 0 Å². The number of nitriles is 1. The van der Waals surface area contributed by atoms with Gasteiger partial charge < -0.3 is 9.13 Å². The molecule has 0 aliphatic carbocycles. The number of rotatable bonds is 5. The molecule has 0 saturated carbocycles. The minimum atomic E-state index is -0.280. The molecule has 2 aromatic heterocycles. The smallest absolute Gasteiger partial charge is 0.251 e. The molecule has 27 heavy (non-hydrogen) atoms. The number of Topliss-reactive ketones (excluding diaryl/α,β-unsaturated/α-hetero) is 1. The van der Waals surface area contributed by atoms with Crippen LogP contribution in [0.5, 0.6) is 0 Å². The Hall–Kier alpha value is -3.39. The Labute approximate surface area is 158 Å². The molecule has 136 valence electrons. The van der Waals surface area contributed by atoms with Crippen LogP contribution in [0.25, 0.3) is 0 Å². The molecular weight excluding hydrogens is 338 g/mol. The van der Waals surface area contributed by atoms with Gasteiger partial charge in [-0.05, 0) is 38.0 Å². The largest absolute Gasteiger partial charge is 0.344 e. The third-order valence-electron chi connectivity index (χ3n) is 4.82. The first-order chi connectivity index (χ1) is 12.9. The van der Waals surface area contributed by atoms with Crippen molar-refractivity contribution in [1.82, 2.24) is 9.13 Å². The van der Waals surface area contributed by atoms with Gasteiger partial charge in [-0.3, -0.25) is 9.59 Å². The van der Waals surface area contributed by atoms with Gasteiger partial charge in [0.1, 0.15) is 6.07 Å². The van der Waals surface area contributed by atoms with Crippen molar-refractivity contribution < 1.29 is 4.79 Å². The van der Waals surface area contributed by atoms with E-state index in [1.807, 2.05) is 38.1 Å². The Balaban J connectivity index is 1.90. The highest BCUT2D eigenvalue weighted by Gasteiger charge is 2.17. The molecule has 5 nitrogen and oxygen atoms in total. The third kappa shape index (κ3) is 3.75. The molecule has 0 spiro atoms. The second-order valence-electron chi connectivity index (χ2n) is 6.73. The minimum Gasteiger partial charge on any atom is -0.344 e. The fourth-order valence-electron chi connectivity index (χ4n) is 3.24. The van der Waals surface area contributed by atoms with E-state index in [1.165, 1.54) is 16.8 Å².